The molecule has 1 amide bonds. The molecule has 2 aromatic rings. The summed E-state index contributed by atoms with van der Waals surface area (Å²) in [7, 11) is 0. The van der Waals surface area contributed by atoms with Crippen molar-refractivity contribution in [1.29, 1.82) is 0 Å². The molecule has 1 N–H and O–H groups in total. The van der Waals surface area contributed by atoms with Crippen LogP contribution in [0.1, 0.15) is 18.2 Å². The molecule has 1 aliphatic heterocycles. The Morgan fingerprint density at radius 1 is 1.40 bits per heavy atom. The van der Waals surface area contributed by atoms with Crippen LogP contribution in [-0.4, -0.2) is 29.1 Å². The van der Waals surface area contributed by atoms with Gasteiger partial charge in [-0.1, -0.05) is 12.7 Å². The molecular formula is C19H19N5O. The van der Waals surface area contributed by atoms with E-state index in [-0.39, 0.29) is 5.91 Å². The lowest BCUT2D eigenvalue weighted by Crippen LogP contribution is -2.25. The second-order valence-corrected chi connectivity index (χ2v) is 5.60. The highest BCUT2D eigenvalue weighted by Gasteiger charge is 2.22. The lowest BCUT2D eigenvalue weighted by atomic mass is 10.1. The fourth-order valence-corrected chi connectivity index (χ4v) is 2.83. The first-order valence-corrected chi connectivity index (χ1v) is 7.93. The maximum Gasteiger partial charge on any atom is 0.227 e. The van der Waals surface area contributed by atoms with Gasteiger partial charge in [-0.3, -0.25) is 9.79 Å². The Morgan fingerprint density at radius 3 is 2.96 bits per heavy atom. The van der Waals surface area contributed by atoms with E-state index in [1.54, 1.807) is 36.2 Å². The van der Waals surface area contributed by atoms with E-state index in [1.165, 1.54) is 0 Å². The average molecular weight is 333 g/mol. The molecule has 6 nitrogen and oxygen atoms in total. The van der Waals surface area contributed by atoms with Gasteiger partial charge >= 0.3 is 0 Å². The van der Waals surface area contributed by atoms with E-state index in [2.05, 4.69) is 33.6 Å². The minimum atomic E-state index is 0.0638. The van der Waals surface area contributed by atoms with Crippen LogP contribution in [0.5, 0.6) is 0 Å². The number of carbonyl (C=O) groups excluding carboxylic acids is 1. The highest BCUT2D eigenvalue weighted by atomic mass is 16.2. The number of benzene rings is 1. The van der Waals surface area contributed by atoms with E-state index >= 15 is 0 Å². The molecule has 0 bridgehead atoms. The van der Waals surface area contributed by atoms with Crippen molar-refractivity contribution in [2.75, 3.05) is 16.8 Å². The Kier molecular flexibility index (Phi) is 4.70. The lowest BCUT2D eigenvalue weighted by Gasteiger charge is -2.15. The molecule has 3 rings (SSSR count). The third kappa shape index (κ3) is 3.47. The van der Waals surface area contributed by atoms with Crippen LogP contribution in [-0.2, 0) is 11.2 Å². The van der Waals surface area contributed by atoms with Crippen LogP contribution in [0.3, 0.4) is 0 Å². The van der Waals surface area contributed by atoms with Crippen molar-refractivity contribution in [2.45, 2.75) is 13.3 Å². The summed E-state index contributed by atoms with van der Waals surface area (Å²) < 4.78 is 0. The molecule has 0 saturated carbocycles. The van der Waals surface area contributed by atoms with E-state index in [9.17, 15) is 4.79 Å². The summed E-state index contributed by atoms with van der Waals surface area (Å²) in [5.41, 5.74) is 4.28. The SMILES string of the molecule is C=C/C=C(\N=C)c1ccnc(Nc2ccc3c(c2)CCN3C(C)=O)n1. The maximum atomic E-state index is 11.6. The Balaban J connectivity index is 1.84. The standard InChI is InChI=1S/C19H19N5O/c1-4-5-16(20-3)17-8-10-21-19(23-17)22-15-6-7-18-14(12-15)9-11-24(18)13(2)25/h4-8,10,12H,1,3,9,11H2,2H3,(H,21,22,23)/b16-5-. The molecule has 126 valence electrons. The average Bonchev–Trinajstić information content (AvgIpc) is 3.03. The van der Waals surface area contributed by atoms with Gasteiger partial charge < -0.3 is 10.2 Å². The third-order valence-corrected chi connectivity index (χ3v) is 3.98. The highest BCUT2D eigenvalue weighted by Crippen LogP contribution is 2.31. The number of fused-ring (bicyclic) bond motifs is 1. The number of nitrogens with zero attached hydrogens (tertiary/aromatic N) is 4. The van der Waals surface area contributed by atoms with Gasteiger partial charge in [0.15, 0.2) is 0 Å². The maximum absolute atomic E-state index is 11.6. The number of aliphatic imine (C=N–C) groups is 1. The normalized spacial score (nSPS) is 13.3. The zero-order valence-electron chi connectivity index (χ0n) is 14.1. The molecule has 0 unspecified atom stereocenters. The number of carbonyl (C=O) groups is 1. The first-order valence-electron chi connectivity index (χ1n) is 7.93. The Bertz CT molecular complexity index is 872. The van der Waals surface area contributed by atoms with Crippen LogP contribution in [0.4, 0.5) is 17.3 Å². The predicted molar refractivity (Wildman–Crippen MR) is 101 cm³/mol. The predicted octanol–water partition coefficient (Wildman–Crippen LogP) is 3.36. The number of allylic oxidation sites excluding steroid dienone is 2. The summed E-state index contributed by atoms with van der Waals surface area (Å²) >= 11 is 0. The van der Waals surface area contributed by atoms with Gasteiger partial charge in [0.1, 0.15) is 0 Å². The van der Waals surface area contributed by atoms with Crippen molar-refractivity contribution in [3.05, 3.63) is 60.5 Å². The molecule has 0 fully saturated rings. The van der Waals surface area contributed by atoms with Gasteiger partial charge in [0, 0.05) is 31.0 Å². The summed E-state index contributed by atoms with van der Waals surface area (Å²) in [5, 5.41) is 3.20. The lowest BCUT2D eigenvalue weighted by molar-refractivity contribution is -0.116. The highest BCUT2D eigenvalue weighted by molar-refractivity contribution is 5.94. The number of anilines is 3. The molecule has 1 aromatic carbocycles. The molecular weight excluding hydrogens is 314 g/mol. The molecule has 0 atom stereocenters. The molecule has 25 heavy (non-hydrogen) atoms. The molecule has 0 radical (unpaired) electrons. The fraction of sp³-hybridized carbons (Fsp3) is 0.158. The third-order valence-electron chi connectivity index (χ3n) is 3.98. The van der Waals surface area contributed by atoms with Crippen molar-refractivity contribution < 1.29 is 4.79 Å². The van der Waals surface area contributed by atoms with Gasteiger partial charge in [0.25, 0.3) is 0 Å². The van der Waals surface area contributed by atoms with Crippen LogP contribution in [0.2, 0.25) is 0 Å². The van der Waals surface area contributed by atoms with E-state index < -0.39 is 0 Å². The first kappa shape index (κ1) is 16.6. The second kappa shape index (κ2) is 7.09. The second-order valence-electron chi connectivity index (χ2n) is 5.60. The van der Waals surface area contributed by atoms with Gasteiger partial charge in [0.2, 0.25) is 11.9 Å². The summed E-state index contributed by atoms with van der Waals surface area (Å²) in [6.45, 7) is 9.52. The Labute approximate surface area is 146 Å². The number of hydrogen-bond donors (Lipinski definition) is 1. The number of hydrogen-bond acceptors (Lipinski definition) is 5. The molecule has 0 aliphatic carbocycles. The summed E-state index contributed by atoms with van der Waals surface area (Å²) in [5.74, 6) is 0.534. The number of aromatic nitrogens is 2. The van der Waals surface area contributed by atoms with Crippen LogP contribution in [0, 0.1) is 0 Å². The number of amides is 1. The van der Waals surface area contributed by atoms with Crippen molar-refractivity contribution in [2.24, 2.45) is 4.99 Å². The largest absolute Gasteiger partial charge is 0.324 e. The van der Waals surface area contributed by atoms with Gasteiger partial charge in [-0.25, -0.2) is 9.97 Å². The fourth-order valence-electron chi connectivity index (χ4n) is 2.83. The molecule has 2 heterocycles. The molecule has 6 heteroatoms. The zero-order chi connectivity index (χ0) is 17.8. The molecule has 1 aliphatic rings. The van der Waals surface area contributed by atoms with Gasteiger partial charge in [-0.2, -0.15) is 0 Å². The number of rotatable bonds is 5. The quantitative estimate of drug-likeness (QED) is 0.673. The Hall–Kier alpha value is -3.28. The minimum absolute atomic E-state index is 0.0638. The minimum Gasteiger partial charge on any atom is -0.324 e. The van der Waals surface area contributed by atoms with Gasteiger partial charge in [-0.15, -0.1) is 0 Å². The van der Waals surface area contributed by atoms with Crippen LogP contribution >= 0.6 is 0 Å². The smallest absolute Gasteiger partial charge is 0.227 e. The van der Waals surface area contributed by atoms with Crippen LogP contribution in [0.15, 0.2) is 54.2 Å². The molecule has 0 saturated heterocycles. The first-order chi connectivity index (χ1) is 12.1. The summed E-state index contributed by atoms with van der Waals surface area (Å²) in [6, 6.07) is 7.66. The number of nitrogens with one attached hydrogen (secondary N) is 1. The van der Waals surface area contributed by atoms with E-state index in [1.807, 2.05) is 18.2 Å². The van der Waals surface area contributed by atoms with E-state index in [4.69, 9.17) is 0 Å². The topological polar surface area (TPSA) is 70.5 Å². The summed E-state index contributed by atoms with van der Waals surface area (Å²) in [4.78, 5) is 26.1. The van der Waals surface area contributed by atoms with Crippen molar-refractivity contribution in [3.8, 4) is 0 Å². The van der Waals surface area contributed by atoms with Crippen molar-refractivity contribution in [3.63, 3.8) is 0 Å². The van der Waals surface area contributed by atoms with Gasteiger partial charge in [0.05, 0.1) is 11.4 Å². The monoisotopic (exact) mass is 333 g/mol. The van der Waals surface area contributed by atoms with Crippen molar-refractivity contribution in [1.82, 2.24) is 9.97 Å². The Morgan fingerprint density at radius 2 is 2.24 bits per heavy atom. The van der Waals surface area contributed by atoms with E-state index in [0.29, 0.717) is 17.3 Å². The van der Waals surface area contributed by atoms with E-state index in [0.717, 1.165) is 29.9 Å². The molecule has 1 aromatic heterocycles. The molecule has 0 spiro atoms. The zero-order valence-corrected chi connectivity index (χ0v) is 14.1. The van der Waals surface area contributed by atoms with Crippen molar-refractivity contribution >= 4 is 35.6 Å². The summed E-state index contributed by atoms with van der Waals surface area (Å²) in [6.07, 6.45) is 5.89. The van der Waals surface area contributed by atoms with Gasteiger partial charge in [-0.05, 0) is 49.0 Å². The van der Waals surface area contributed by atoms with Crippen LogP contribution in [0.25, 0.3) is 5.70 Å². The van der Waals surface area contributed by atoms with Crippen LogP contribution < -0.4 is 10.2 Å².